The third-order valence-corrected chi connectivity index (χ3v) is 7.03. The predicted molar refractivity (Wildman–Crippen MR) is 143 cm³/mol. The van der Waals surface area contributed by atoms with Crippen LogP contribution in [0.1, 0.15) is 23.1 Å². The predicted octanol–water partition coefficient (Wildman–Crippen LogP) is 4.24. The summed E-state index contributed by atoms with van der Waals surface area (Å²) in [6.07, 6.45) is 0.658. The number of hydrogen-bond donors (Lipinski definition) is 1. The molecule has 0 bridgehead atoms. The number of non-ortho nitro benzene ring substituents is 1. The summed E-state index contributed by atoms with van der Waals surface area (Å²) < 4.78 is 0. The van der Waals surface area contributed by atoms with E-state index in [2.05, 4.69) is 10.3 Å². The lowest BCUT2D eigenvalue weighted by Gasteiger charge is -2.25. The third-order valence-electron chi connectivity index (χ3n) is 6.02. The number of hydrogen-bond acceptors (Lipinski definition) is 7. The van der Waals surface area contributed by atoms with Gasteiger partial charge in [0.2, 0.25) is 5.91 Å². The van der Waals surface area contributed by atoms with Gasteiger partial charge in [0.05, 0.1) is 17.0 Å². The summed E-state index contributed by atoms with van der Waals surface area (Å²) in [7, 11) is 0. The molecule has 37 heavy (non-hydrogen) atoms. The van der Waals surface area contributed by atoms with Crippen molar-refractivity contribution in [3.05, 3.63) is 106 Å². The monoisotopic (exact) mass is 513 g/mol. The van der Waals surface area contributed by atoms with Crippen LogP contribution in [0.25, 0.3) is 0 Å². The molecule has 10 heteroatoms. The van der Waals surface area contributed by atoms with E-state index in [1.54, 1.807) is 12.1 Å². The SMILES string of the molecule is O=C(CC1N=C2c3ccccc3N=C(SCc3ccc([N+](=O)[O-])cc3)N2C1=O)NCCc1ccccc1. The Balaban J connectivity index is 1.28. The molecular formula is C27H23N5O4S. The summed E-state index contributed by atoms with van der Waals surface area (Å²) in [4.78, 5) is 47.3. The lowest BCUT2D eigenvalue weighted by molar-refractivity contribution is -0.384. The fourth-order valence-corrected chi connectivity index (χ4v) is 5.09. The van der Waals surface area contributed by atoms with Crippen LogP contribution in [0.2, 0.25) is 0 Å². The number of amides is 2. The Labute approximate surface area is 217 Å². The van der Waals surface area contributed by atoms with E-state index in [9.17, 15) is 19.7 Å². The fraction of sp³-hybridized carbons (Fsp3) is 0.185. The number of benzene rings is 3. The van der Waals surface area contributed by atoms with Crippen LogP contribution < -0.4 is 5.32 Å². The Hall–Kier alpha value is -4.31. The normalized spacial score (nSPS) is 15.9. The minimum absolute atomic E-state index is 0.0201. The summed E-state index contributed by atoms with van der Waals surface area (Å²) in [5.41, 5.74) is 3.44. The van der Waals surface area contributed by atoms with Crippen LogP contribution in [0.3, 0.4) is 0 Å². The molecule has 0 fully saturated rings. The van der Waals surface area contributed by atoms with Crippen LogP contribution in [-0.2, 0) is 21.8 Å². The molecule has 9 nitrogen and oxygen atoms in total. The molecule has 3 aromatic rings. The van der Waals surface area contributed by atoms with Gasteiger partial charge in [-0.1, -0.05) is 66.4 Å². The number of carbonyl (C=O) groups is 2. The number of nitrogens with zero attached hydrogens (tertiary/aromatic N) is 4. The molecule has 0 aromatic heterocycles. The molecule has 1 N–H and O–H groups in total. The topological polar surface area (TPSA) is 117 Å². The number of rotatable bonds is 8. The highest BCUT2D eigenvalue weighted by atomic mass is 32.2. The smallest absolute Gasteiger partial charge is 0.269 e. The number of thioether (sulfide) groups is 1. The zero-order valence-electron chi connectivity index (χ0n) is 19.7. The number of nitrogens with one attached hydrogen (secondary N) is 1. The highest BCUT2D eigenvalue weighted by Crippen LogP contribution is 2.35. The molecule has 0 saturated heterocycles. The van der Waals surface area contributed by atoms with Crippen molar-refractivity contribution in [3.8, 4) is 0 Å². The second-order valence-electron chi connectivity index (χ2n) is 8.56. The van der Waals surface area contributed by atoms with Gasteiger partial charge in [-0.3, -0.25) is 24.7 Å². The molecule has 5 rings (SSSR count). The largest absolute Gasteiger partial charge is 0.356 e. The van der Waals surface area contributed by atoms with Gasteiger partial charge >= 0.3 is 0 Å². The van der Waals surface area contributed by atoms with E-state index in [-0.39, 0.29) is 23.9 Å². The van der Waals surface area contributed by atoms with Crippen molar-refractivity contribution < 1.29 is 14.5 Å². The molecule has 1 atom stereocenters. The summed E-state index contributed by atoms with van der Waals surface area (Å²) in [6, 6.07) is 22.8. The lowest BCUT2D eigenvalue weighted by atomic mass is 10.1. The molecule has 2 amide bonds. The van der Waals surface area contributed by atoms with Crippen LogP contribution in [-0.4, -0.2) is 45.2 Å². The molecular weight excluding hydrogens is 490 g/mol. The molecule has 2 aliphatic rings. The molecule has 1 unspecified atom stereocenters. The second kappa shape index (κ2) is 10.8. The minimum Gasteiger partial charge on any atom is -0.356 e. The number of para-hydroxylation sites is 1. The van der Waals surface area contributed by atoms with Crippen molar-refractivity contribution in [3.63, 3.8) is 0 Å². The Kier molecular flexibility index (Phi) is 7.09. The van der Waals surface area contributed by atoms with Gasteiger partial charge in [-0.05, 0) is 29.7 Å². The van der Waals surface area contributed by atoms with Gasteiger partial charge in [0.1, 0.15) is 11.9 Å². The van der Waals surface area contributed by atoms with E-state index in [0.717, 1.165) is 16.7 Å². The molecule has 186 valence electrons. The first-order valence-electron chi connectivity index (χ1n) is 11.8. The van der Waals surface area contributed by atoms with Gasteiger partial charge in [-0.15, -0.1) is 0 Å². The summed E-state index contributed by atoms with van der Waals surface area (Å²) in [5.74, 6) is 0.422. The van der Waals surface area contributed by atoms with Gasteiger partial charge < -0.3 is 5.32 Å². The second-order valence-corrected chi connectivity index (χ2v) is 9.50. The average molecular weight is 514 g/mol. The molecule has 0 aliphatic carbocycles. The average Bonchev–Trinajstić information content (AvgIpc) is 3.24. The van der Waals surface area contributed by atoms with Gasteiger partial charge in [0, 0.05) is 30.0 Å². The summed E-state index contributed by atoms with van der Waals surface area (Å²) >= 11 is 1.34. The Morgan fingerprint density at radius 3 is 2.49 bits per heavy atom. The van der Waals surface area contributed by atoms with E-state index in [1.807, 2.05) is 54.6 Å². The molecule has 0 radical (unpaired) electrons. The van der Waals surface area contributed by atoms with Crippen molar-refractivity contribution in [1.29, 1.82) is 0 Å². The van der Waals surface area contributed by atoms with Crippen molar-refractivity contribution in [2.24, 2.45) is 9.98 Å². The molecule has 0 saturated carbocycles. The molecule has 3 aromatic carbocycles. The van der Waals surface area contributed by atoms with E-state index in [4.69, 9.17) is 4.99 Å². The maximum absolute atomic E-state index is 13.4. The first-order valence-corrected chi connectivity index (χ1v) is 12.7. The Morgan fingerprint density at radius 1 is 1.00 bits per heavy atom. The number of aliphatic imine (C=N–C) groups is 2. The van der Waals surface area contributed by atoms with E-state index in [1.165, 1.54) is 28.8 Å². The van der Waals surface area contributed by atoms with E-state index in [0.29, 0.717) is 35.4 Å². The standard InChI is InChI=1S/C27H23N5O4S/c33-24(28-15-14-18-6-2-1-3-7-18)16-23-26(34)31-25(29-23)21-8-4-5-9-22(21)30-27(31)37-17-19-10-12-20(13-11-19)32(35)36/h1-13,23H,14-17H2,(H,28,33). The van der Waals surface area contributed by atoms with Gasteiger partial charge in [-0.2, -0.15) is 0 Å². The lowest BCUT2D eigenvalue weighted by Crippen LogP contribution is -2.42. The number of amidine groups is 2. The summed E-state index contributed by atoms with van der Waals surface area (Å²) in [6.45, 7) is 0.477. The molecule has 2 heterocycles. The zero-order valence-corrected chi connectivity index (χ0v) is 20.6. The van der Waals surface area contributed by atoms with Crippen LogP contribution >= 0.6 is 11.8 Å². The number of nitro groups is 1. The first-order chi connectivity index (χ1) is 18.0. The first kappa shape index (κ1) is 24.4. The van der Waals surface area contributed by atoms with Crippen molar-refractivity contribution in [2.75, 3.05) is 6.54 Å². The van der Waals surface area contributed by atoms with Gasteiger partial charge in [0.25, 0.3) is 11.6 Å². The minimum atomic E-state index is -0.831. The van der Waals surface area contributed by atoms with Crippen molar-refractivity contribution in [2.45, 2.75) is 24.6 Å². The maximum atomic E-state index is 13.4. The van der Waals surface area contributed by atoms with Crippen LogP contribution in [0, 0.1) is 10.1 Å². The van der Waals surface area contributed by atoms with Crippen molar-refractivity contribution >= 4 is 46.0 Å². The zero-order chi connectivity index (χ0) is 25.8. The highest BCUT2D eigenvalue weighted by Gasteiger charge is 2.42. The Morgan fingerprint density at radius 2 is 1.73 bits per heavy atom. The van der Waals surface area contributed by atoms with Crippen LogP contribution in [0.15, 0.2) is 88.8 Å². The van der Waals surface area contributed by atoms with Crippen molar-refractivity contribution in [1.82, 2.24) is 10.2 Å². The highest BCUT2D eigenvalue weighted by molar-refractivity contribution is 8.13. The number of nitro benzene ring substituents is 1. The third kappa shape index (κ3) is 5.44. The maximum Gasteiger partial charge on any atom is 0.269 e. The van der Waals surface area contributed by atoms with Crippen LogP contribution in [0.4, 0.5) is 11.4 Å². The van der Waals surface area contributed by atoms with E-state index >= 15 is 0 Å². The number of fused-ring (bicyclic) bond motifs is 3. The summed E-state index contributed by atoms with van der Waals surface area (Å²) in [5, 5.41) is 14.3. The van der Waals surface area contributed by atoms with Crippen LogP contribution in [0.5, 0.6) is 0 Å². The number of carbonyl (C=O) groups excluding carboxylic acids is 2. The molecule has 0 spiro atoms. The van der Waals surface area contributed by atoms with Gasteiger partial charge in [-0.25, -0.2) is 9.89 Å². The fourth-order valence-electron chi connectivity index (χ4n) is 4.13. The van der Waals surface area contributed by atoms with E-state index < -0.39 is 11.0 Å². The van der Waals surface area contributed by atoms with Gasteiger partial charge in [0.15, 0.2) is 5.17 Å². The molecule has 2 aliphatic heterocycles. The Bertz CT molecular complexity index is 1410. The quantitative estimate of drug-likeness (QED) is 0.357.